The second-order valence-corrected chi connectivity index (χ2v) is 6.34. The zero-order chi connectivity index (χ0) is 13.8. The molecule has 0 spiro atoms. The van der Waals surface area contributed by atoms with E-state index in [0.29, 0.717) is 16.8 Å². The molecule has 106 valence electrons. The first-order chi connectivity index (χ1) is 9.08. The van der Waals surface area contributed by atoms with Crippen LogP contribution in [0.4, 0.5) is 0 Å². The summed E-state index contributed by atoms with van der Waals surface area (Å²) >= 11 is 1.20. The fraction of sp³-hybridized carbons (Fsp3) is 0.769. The van der Waals surface area contributed by atoms with Crippen molar-refractivity contribution in [3.63, 3.8) is 0 Å². The molecular weight excluding hydrogens is 260 g/mol. The second-order valence-electron chi connectivity index (χ2n) is 5.58. The van der Waals surface area contributed by atoms with Crippen molar-refractivity contribution in [2.24, 2.45) is 5.92 Å². The van der Waals surface area contributed by atoms with Gasteiger partial charge in [0.25, 0.3) is 5.91 Å². The highest BCUT2D eigenvalue weighted by Crippen LogP contribution is 2.16. The standard InChI is InChI=1S/C13H22N4OS/c1-9(2)7-17(8-11-5-4-6-14-11)13(18)12-10(3)15-16-19-12/h9,11,14H,4-8H2,1-3H3. The number of nitrogens with zero attached hydrogens (tertiary/aromatic N) is 3. The largest absolute Gasteiger partial charge is 0.336 e. The van der Waals surface area contributed by atoms with E-state index in [1.807, 2.05) is 11.8 Å². The van der Waals surface area contributed by atoms with Gasteiger partial charge in [0.1, 0.15) is 4.88 Å². The Hall–Kier alpha value is -1.01. The van der Waals surface area contributed by atoms with E-state index in [4.69, 9.17) is 0 Å². The summed E-state index contributed by atoms with van der Waals surface area (Å²) in [5.74, 6) is 0.543. The van der Waals surface area contributed by atoms with Crippen LogP contribution in [0.5, 0.6) is 0 Å². The van der Waals surface area contributed by atoms with Crippen molar-refractivity contribution in [2.75, 3.05) is 19.6 Å². The Bertz CT molecular complexity index is 426. The molecule has 1 aliphatic rings. The topological polar surface area (TPSA) is 58.1 Å². The number of amides is 1. The minimum Gasteiger partial charge on any atom is -0.336 e. The van der Waals surface area contributed by atoms with Gasteiger partial charge in [0, 0.05) is 19.1 Å². The second kappa shape index (κ2) is 6.43. The first-order valence-electron chi connectivity index (χ1n) is 6.89. The Labute approximate surface area is 118 Å². The third-order valence-corrected chi connectivity index (χ3v) is 4.14. The lowest BCUT2D eigenvalue weighted by Gasteiger charge is -2.27. The molecule has 5 nitrogen and oxygen atoms in total. The summed E-state index contributed by atoms with van der Waals surface area (Å²) < 4.78 is 3.86. The molecule has 0 radical (unpaired) electrons. The van der Waals surface area contributed by atoms with E-state index < -0.39 is 0 Å². The Balaban J connectivity index is 2.07. The number of carbonyl (C=O) groups is 1. The lowest BCUT2D eigenvalue weighted by Crippen LogP contribution is -2.42. The maximum atomic E-state index is 12.6. The number of hydrogen-bond acceptors (Lipinski definition) is 5. The van der Waals surface area contributed by atoms with E-state index in [0.717, 1.165) is 31.7 Å². The maximum absolute atomic E-state index is 12.6. The first-order valence-corrected chi connectivity index (χ1v) is 7.67. The minimum atomic E-state index is 0.0786. The summed E-state index contributed by atoms with van der Waals surface area (Å²) in [5, 5.41) is 7.39. The highest BCUT2D eigenvalue weighted by atomic mass is 32.1. The van der Waals surface area contributed by atoms with Crippen molar-refractivity contribution in [1.82, 2.24) is 19.8 Å². The number of carbonyl (C=O) groups excluding carboxylic acids is 1. The normalized spacial score (nSPS) is 19.1. The Morgan fingerprint density at radius 3 is 2.89 bits per heavy atom. The molecule has 2 rings (SSSR count). The summed E-state index contributed by atoms with van der Waals surface area (Å²) in [5.41, 5.74) is 0.739. The van der Waals surface area contributed by atoms with Gasteiger partial charge >= 0.3 is 0 Å². The third kappa shape index (κ3) is 3.73. The lowest BCUT2D eigenvalue weighted by molar-refractivity contribution is 0.0725. The predicted octanol–water partition coefficient (Wildman–Crippen LogP) is 1.70. The Morgan fingerprint density at radius 2 is 2.37 bits per heavy atom. The lowest BCUT2D eigenvalue weighted by atomic mass is 10.1. The fourth-order valence-corrected chi connectivity index (χ4v) is 3.06. The van der Waals surface area contributed by atoms with Gasteiger partial charge in [0.05, 0.1) is 5.69 Å². The molecule has 1 atom stereocenters. The summed E-state index contributed by atoms with van der Waals surface area (Å²) in [4.78, 5) is 15.2. The minimum absolute atomic E-state index is 0.0786. The van der Waals surface area contributed by atoms with E-state index in [1.54, 1.807) is 0 Å². The van der Waals surface area contributed by atoms with Crippen LogP contribution in [-0.2, 0) is 0 Å². The molecule has 1 aromatic heterocycles. The number of aromatic nitrogens is 2. The monoisotopic (exact) mass is 282 g/mol. The van der Waals surface area contributed by atoms with E-state index >= 15 is 0 Å². The molecule has 2 heterocycles. The van der Waals surface area contributed by atoms with Crippen LogP contribution in [0.1, 0.15) is 42.1 Å². The van der Waals surface area contributed by atoms with Crippen LogP contribution in [0.3, 0.4) is 0 Å². The molecule has 1 amide bonds. The van der Waals surface area contributed by atoms with Crippen molar-refractivity contribution in [2.45, 2.75) is 39.7 Å². The van der Waals surface area contributed by atoms with Crippen LogP contribution in [0.15, 0.2) is 0 Å². The molecule has 1 saturated heterocycles. The van der Waals surface area contributed by atoms with Gasteiger partial charge in [-0.05, 0) is 43.8 Å². The van der Waals surface area contributed by atoms with Crippen molar-refractivity contribution >= 4 is 17.4 Å². The van der Waals surface area contributed by atoms with Gasteiger partial charge in [-0.2, -0.15) is 0 Å². The number of hydrogen-bond donors (Lipinski definition) is 1. The molecule has 1 aromatic rings. The number of nitrogens with one attached hydrogen (secondary N) is 1. The summed E-state index contributed by atoms with van der Waals surface area (Å²) in [6.45, 7) is 8.76. The molecule has 0 aromatic carbocycles. The zero-order valence-corrected chi connectivity index (χ0v) is 12.7. The molecule has 1 aliphatic heterocycles. The molecule has 1 fully saturated rings. The molecular formula is C13H22N4OS. The molecule has 0 saturated carbocycles. The third-order valence-electron chi connectivity index (χ3n) is 3.32. The van der Waals surface area contributed by atoms with Gasteiger partial charge in [0.15, 0.2) is 0 Å². The SMILES string of the molecule is Cc1nnsc1C(=O)N(CC(C)C)CC1CCCN1. The van der Waals surface area contributed by atoms with Crippen LogP contribution in [0.25, 0.3) is 0 Å². The van der Waals surface area contributed by atoms with E-state index in [9.17, 15) is 4.79 Å². The van der Waals surface area contributed by atoms with Crippen molar-refractivity contribution < 1.29 is 4.79 Å². The number of aryl methyl sites for hydroxylation is 1. The molecule has 1 N–H and O–H groups in total. The quantitative estimate of drug-likeness (QED) is 0.893. The van der Waals surface area contributed by atoms with Gasteiger partial charge in [-0.25, -0.2) is 0 Å². The first kappa shape index (κ1) is 14.4. The van der Waals surface area contributed by atoms with Crippen molar-refractivity contribution in [1.29, 1.82) is 0 Å². The van der Waals surface area contributed by atoms with Crippen molar-refractivity contribution in [3.05, 3.63) is 10.6 Å². The van der Waals surface area contributed by atoms with Gasteiger partial charge in [0.2, 0.25) is 0 Å². The summed E-state index contributed by atoms with van der Waals surface area (Å²) in [6.07, 6.45) is 2.36. The predicted molar refractivity (Wildman–Crippen MR) is 76.4 cm³/mol. The molecule has 6 heteroatoms. The smallest absolute Gasteiger partial charge is 0.267 e. The maximum Gasteiger partial charge on any atom is 0.267 e. The Morgan fingerprint density at radius 1 is 1.58 bits per heavy atom. The highest BCUT2D eigenvalue weighted by molar-refractivity contribution is 7.07. The van der Waals surface area contributed by atoms with E-state index in [-0.39, 0.29) is 5.91 Å². The fourth-order valence-electron chi connectivity index (χ4n) is 2.43. The van der Waals surface area contributed by atoms with Crippen LogP contribution in [0, 0.1) is 12.8 Å². The zero-order valence-electron chi connectivity index (χ0n) is 11.8. The van der Waals surface area contributed by atoms with Crippen LogP contribution >= 0.6 is 11.5 Å². The summed E-state index contributed by atoms with van der Waals surface area (Å²) in [6, 6.07) is 0.434. The summed E-state index contributed by atoms with van der Waals surface area (Å²) in [7, 11) is 0. The van der Waals surface area contributed by atoms with E-state index in [2.05, 4.69) is 28.8 Å². The Kier molecular flexibility index (Phi) is 4.87. The molecule has 19 heavy (non-hydrogen) atoms. The highest BCUT2D eigenvalue weighted by Gasteiger charge is 2.25. The number of rotatable bonds is 5. The van der Waals surface area contributed by atoms with Gasteiger partial charge in [-0.1, -0.05) is 18.3 Å². The van der Waals surface area contributed by atoms with E-state index in [1.165, 1.54) is 18.0 Å². The molecule has 0 bridgehead atoms. The molecule has 1 unspecified atom stereocenters. The van der Waals surface area contributed by atoms with Gasteiger partial charge in [-0.3, -0.25) is 4.79 Å². The van der Waals surface area contributed by atoms with Crippen LogP contribution < -0.4 is 5.32 Å². The molecule has 0 aliphatic carbocycles. The van der Waals surface area contributed by atoms with Crippen molar-refractivity contribution in [3.8, 4) is 0 Å². The average Bonchev–Trinajstić information content (AvgIpc) is 2.98. The average molecular weight is 282 g/mol. The van der Waals surface area contributed by atoms with Crippen LogP contribution in [-0.4, -0.2) is 46.1 Å². The van der Waals surface area contributed by atoms with Gasteiger partial charge in [-0.15, -0.1) is 5.10 Å². The van der Waals surface area contributed by atoms with Gasteiger partial charge < -0.3 is 10.2 Å². The van der Waals surface area contributed by atoms with Crippen LogP contribution in [0.2, 0.25) is 0 Å².